The Morgan fingerprint density at radius 3 is 2.41 bits per heavy atom. The quantitative estimate of drug-likeness (QED) is 0.513. The lowest BCUT2D eigenvalue weighted by molar-refractivity contribution is -0.156. The number of rotatable bonds is 8. The molecule has 0 rings (SSSR count). The van der Waals surface area contributed by atoms with Crippen LogP contribution in [0.3, 0.4) is 0 Å². The second-order valence-electron chi connectivity index (χ2n) is 4.89. The molecule has 0 spiro atoms. The summed E-state index contributed by atoms with van der Waals surface area (Å²) in [7, 11) is 1.65. The molecule has 2 N–H and O–H groups in total. The predicted octanol–water partition coefficient (Wildman–Crippen LogP) is 1.10. The molecule has 17 heavy (non-hydrogen) atoms. The molecule has 0 saturated carbocycles. The third-order valence-electron chi connectivity index (χ3n) is 1.92. The maximum Gasteiger partial charge on any atom is 0.323 e. The van der Waals surface area contributed by atoms with Gasteiger partial charge in [0.2, 0.25) is 0 Å². The normalized spacial score (nSPS) is 13.5. The van der Waals surface area contributed by atoms with Crippen LogP contribution in [0.15, 0.2) is 0 Å². The van der Waals surface area contributed by atoms with Crippen LogP contribution in [0.1, 0.15) is 33.6 Å². The van der Waals surface area contributed by atoms with Gasteiger partial charge in [-0.15, -0.1) is 0 Å². The molecule has 5 nitrogen and oxygen atoms in total. The average Bonchev–Trinajstić information content (AvgIpc) is 2.20. The van der Waals surface area contributed by atoms with Gasteiger partial charge in [-0.25, -0.2) is 0 Å². The fourth-order valence-electron chi connectivity index (χ4n) is 1.11. The minimum Gasteiger partial charge on any atom is -0.459 e. The minimum absolute atomic E-state index is 0.377. The zero-order valence-electron chi connectivity index (χ0n) is 11.3. The largest absolute Gasteiger partial charge is 0.459 e. The highest BCUT2D eigenvalue weighted by Gasteiger charge is 2.21. The number of hydrogen-bond donors (Lipinski definition) is 1. The summed E-state index contributed by atoms with van der Waals surface area (Å²) in [6.07, 6.45) is 1.32. The monoisotopic (exact) mass is 247 g/mol. The first-order valence-electron chi connectivity index (χ1n) is 5.92. The number of carbonyl (C=O) groups excluding carboxylic acids is 1. The van der Waals surface area contributed by atoms with Crippen LogP contribution in [0.4, 0.5) is 0 Å². The van der Waals surface area contributed by atoms with E-state index in [1.165, 1.54) is 0 Å². The van der Waals surface area contributed by atoms with Crippen molar-refractivity contribution in [1.82, 2.24) is 0 Å². The molecule has 5 heteroatoms. The van der Waals surface area contributed by atoms with Crippen molar-refractivity contribution in [3.05, 3.63) is 0 Å². The molecule has 0 aliphatic heterocycles. The van der Waals surface area contributed by atoms with Gasteiger partial charge in [0.15, 0.2) is 0 Å². The smallest absolute Gasteiger partial charge is 0.323 e. The van der Waals surface area contributed by atoms with Crippen LogP contribution >= 0.6 is 0 Å². The standard InChI is InChI=1S/C12H25NO4/c1-12(2,3)17-11(14)10(13)6-9-16-8-5-7-15-4/h10H,5-9,13H2,1-4H3. The molecule has 0 radical (unpaired) electrons. The molecule has 102 valence electrons. The van der Waals surface area contributed by atoms with Gasteiger partial charge < -0.3 is 19.9 Å². The molecular formula is C12H25NO4. The molecule has 0 aliphatic rings. The Hall–Kier alpha value is -0.650. The van der Waals surface area contributed by atoms with Crippen molar-refractivity contribution >= 4 is 5.97 Å². The summed E-state index contributed by atoms with van der Waals surface area (Å²) in [5.74, 6) is -0.377. The third-order valence-corrected chi connectivity index (χ3v) is 1.92. The SMILES string of the molecule is COCCCOCCC(N)C(=O)OC(C)(C)C. The van der Waals surface area contributed by atoms with Gasteiger partial charge in [0, 0.05) is 26.9 Å². The van der Waals surface area contributed by atoms with E-state index in [9.17, 15) is 4.79 Å². The second kappa shape index (κ2) is 8.44. The molecule has 0 heterocycles. The fourth-order valence-corrected chi connectivity index (χ4v) is 1.11. The summed E-state index contributed by atoms with van der Waals surface area (Å²) < 4.78 is 15.4. The zero-order chi connectivity index (χ0) is 13.3. The minimum atomic E-state index is -0.614. The van der Waals surface area contributed by atoms with Gasteiger partial charge in [-0.2, -0.15) is 0 Å². The van der Waals surface area contributed by atoms with Crippen molar-refractivity contribution in [3.8, 4) is 0 Å². The first-order valence-corrected chi connectivity index (χ1v) is 5.92. The predicted molar refractivity (Wildman–Crippen MR) is 65.7 cm³/mol. The van der Waals surface area contributed by atoms with Crippen LogP contribution in [0.2, 0.25) is 0 Å². The van der Waals surface area contributed by atoms with E-state index in [0.717, 1.165) is 6.42 Å². The van der Waals surface area contributed by atoms with Crippen molar-refractivity contribution < 1.29 is 19.0 Å². The maximum atomic E-state index is 11.5. The molecule has 0 bridgehead atoms. The van der Waals surface area contributed by atoms with E-state index in [1.54, 1.807) is 7.11 Å². The zero-order valence-corrected chi connectivity index (χ0v) is 11.3. The van der Waals surface area contributed by atoms with E-state index >= 15 is 0 Å². The van der Waals surface area contributed by atoms with Crippen molar-refractivity contribution in [3.63, 3.8) is 0 Å². The molecule has 0 aliphatic carbocycles. The highest BCUT2D eigenvalue weighted by molar-refractivity contribution is 5.75. The van der Waals surface area contributed by atoms with E-state index in [4.69, 9.17) is 19.9 Å². The number of carbonyl (C=O) groups is 1. The van der Waals surface area contributed by atoms with Gasteiger partial charge in [0.1, 0.15) is 11.6 Å². The van der Waals surface area contributed by atoms with Crippen molar-refractivity contribution in [2.45, 2.75) is 45.3 Å². The topological polar surface area (TPSA) is 70.8 Å². The average molecular weight is 247 g/mol. The van der Waals surface area contributed by atoms with Crippen LogP contribution < -0.4 is 5.73 Å². The fraction of sp³-hybridized carbons (Fsp3) is 0.917. The summed E-state index contributed by atoms with van der Waals surface area (Å²) in [4.78, 5) is 11.5. The van der Waals surface area contributed by atoms with Gasteiger partial charge in [-0.05, 0) is 33.6 Å². The number of ether oxygens (including phenoxy) is 3. The van der Waals surface area contributed by atoms with Gasteiger partial charge in [-0.1, -0.05) is 0 Å². The van der Waals surface area contributed by atoms with Crippen molar-refractivity contribution in [1.29, 1.82) is 0 Å². The molecule has 0 aromatic rings. The summed E-state index contributed by atoms with van der Waals surface area (Å²) in [5.41, 5.74) is 5.19. The molecule has 0 fully saturated rings. The molecule has 0 aromatic carbocycles. The van der Waals surface area contributed by atoms with Crippen LogP contribution in [0.5, 0.6) is 0 Å². The number of esters is 1. The Morgan fingerprint density at radius 1 is 1.24 bits per heavy atom. The van der Waals surface area contributed by atoms with Crippen molar-refractivity contribution in [2.75, 3.05) is 26.9 Å². The van der Waals surface area contributed by atoms with Gasteiger partial charge in [0.25, 0.3) is 0 Å². The lowest BCUT2D eigenvalue weighted by Crippen LogP contribution is -2.38. The maximum absolute atomic E-state index is 11.5. The number of hydrogen-bond acceptors (Lipinski definition) is 5. The summed E-state index contributed by atoms with van der Waals surface area (Å²) in [6, 6.07) is -0.614. The third kappa shape index (κ3) is 10.2. The molecule has 0 saturated heterocycles. The van der Waals surface area contributed by atoms with Crippen LogP contribution in [-0.4, -0.2) is 44.5 Å². The molecule has 0 amide bonds. The van der Waals surface area contributed by atoms with Gasteiger partial charge in [0.05, 0.1) is 0 Å². The van der Waals surface area contributed by atoms with Crippen molar-refractivity contribution in [2.24, 2.45) is 5.73 Å². The highest BCUT2D eigenvalue weighted by atomic mass is 16.6. The molecular weight excluding hydrogens is 222 g/mol. The summed E-state index contributed by atoms with van der Waals surface area (Å²) in [5, 5.41) is 0. The molecule has 1 unspecified atom stereocenters. The summed E-state index contributed by atoms with van der Waals surface area (Å²) >= 11 is 0. The first-order chi connectivity index (χ1) is 7.87. The van der Waals surface area contributed by atoms with Gasteiger partial charge >= 0.3 is 5.97 Å². The lowest BCUT2D eigenvalue weighted by atomic mass is 10.2. The van der Waals surface area contributed by atoms with Crippen LogP contribution in [0.25, 0.3) is 0 Å². The van der Waals surface area contributed by atoms with E-state index in [1.807, 2.05) is 20.8 Å². The van der Waals surface area contributed by atoms with Gasteiger partial charge in [-0.3, -0.25) is 4.79 Å². The number of methoxy groups -OCH3 is 1. The molecule has 0 aromatic heterocycles. The Labute approximate surface area is 104 Å². The Morgan fingerprint density at radius 2 is 1.88 bits per heavy atom. The Balaban J connectivity index is 3.58. The van der Waals surface area contributed by atoms with Crippen LogP contribution in [0, 0.1) is 0 Å². The van der Waals surface area contributed by atoms with Crippen LogP contribution in [-0.2, 0) is 19.0 Å². The van der Waals surface area contributed by atoms with E-state index in [0.29, 0.717) is 26.2 Å². The molecule has 1 atom stereocenters. The van der Waals surface area contributed by atoms with E-state index < -0.39 is 11.6 Å². The van der Waals surface area contributed by atoms with E-state index in [2.05, 4.69) is 0 Å². The highest BCUT2D eigenvalue weighted by Crippen LogP contribution is 2.08. The lowest BCUT2D eigenvalue weighted by Gasteiger charge is -2.22. The summed E-state index contributed by atoms with van der Waals surface area (Å²) in [6.45, 7) is 7.22. The second-order valence-corrected chi connectivity index (χ2v) is 4.89. The Kier molecular flexibility index (Phi) is 8.12. The first kappa shape index (κ1) is 16.4. The Bertz CT molecular complexity index is 213. The number of nitrogens with two attached hydrogens (primary N) is 1. The van der Waals surface area contributed by atoms with E-state index in [-0.39, 0.29) is 5.97 Å².